The minimum atomic E-state index is -0.337. The molecule has 0 unspecified atom stereocenters. The quantitative estimate of drug-likeness (QED) is 0.754. The van der Waals surface area contributed by atoms with Gasteiger partial charge in [-0.2, -0.15) is 0 Å². The summed E-state index contributed by atoms with van der Waals surface area (Å²) >= 11 is 0. The van der Waals surface area contributed by atoms with Crippen LogP contribution in [-0.4, -0.2) is 7.11 Å². The van der Waals surface area contributed by atoms with Crippen molar-refractivity contribution in [2.75, 3.05) is 7.11 Å². The van der Waals surface area contributed by atoms with Gasteiger partial charge in [0, 0.05) is 5.54 Å². The molecular weight excluding hydrogens is 169 g/mol. The number of ether oxygens (including phenoxy) is 1. The molecule has 1 saturated carbocycles. The van der Waals surface area contributed by atoms with Crippen molar-refractivity contribution in [2.24, 2.45) is 5.73 Å². The molecular formula is C10H12FNO. The third-order valence-electron chi connectivity index (χ3n) is 2.51. The molecule has 0 bridgehead atoms. The van der Waals surface area contributed by atoms with Crippen molar-refractivity contribution in [3.05, 3.63) is 29.6 Å². The summed E-state index contributed by atoms with van der Waals surface area (Å²) in [4.78, 5) is 0. The molecule has 2 rings (SSSR count). The second-order valence-corrected chi connectivity index (χ2v) is 3.51. The van der Waals surface area contributed by atoms with E-state index in [1.54, 1.807) is 12.1 Å². The first-order valence-corrected chi connectivity index (χ1v) is 4.29. The summed E-state index contributed by atoms with van der Waals surface area (Å²) < 4.78 is 17.9. The molecule has 3 heteroatoms. The SMILES string of the molecule is COc1cc(C2(N)CC2)ccc1F. The number of benzene rings is 1. The third kappa shape index (κ3) is 1.40. The first-order valence-electron chi connectivity index (χ1n) is 4.29. The molecule has 0 aromatic heterocycles. The lowest BCUT2D eigenvalue weighted by Crippen LogP contribution is -2.18. The largest absolute Gasteiger partial charge is 0.494 e. The number of hydrogen-bond donors (Lipinski definition) is 1. The van der Waals surface area contributed by atoms with E-state index in [-0.39, 0.29) is 17.1 Å². The van der Waals surface area contributed by atoms with Crippen LogP contribution in [0.15, 0.2) is 18.2 Å². The maximum Gasteiger partial charge on any atom is 0.165 e. The predicted octanol–water partition coefficient (Wildman–Crippen LogP) is 1.78. The molecule has 2 N–H and O–H groups in total. The van der Waals surface area contributed by atoms with E-state index in [1.807, 2.05) is 0 Å². The zero-order valence-corrected chi connectivity index (χ0v) is 7.51. The molecule has 0 spiro atoms. The number of methoxy groups -OCH3 is 1. The Morgan fingerprint density at radius 2 is 2.15 bits per heavy atom. The van der Waals surface area contributed by atoms with E-state index >= 15 is 0 Å². The Kier molecular flexibility index (Phi) is 1.77. The van der Waals surface area contributed by atoms with Crippen molar-refractivity contribution in [1.82, 2.24) is 0 Å². The van der Waals surface area contributed by atoms with Crippen LogP contribution in [0.1, 0.15) is 18.4 Å². The number of hydrogen-bond acceptors (Lipinski definition) is 2. The topological polar surface area (TPSA) is 35.2 Å². The maximum atomic E-state index is 13.0. The van der Waals surface area contributed by atoms with Gasteiger partial charge in [-0.3, -0.25) is 0 Å². The van der Waals surface area contributed by atoms with E-state index in [9.17, 15) is 4.39 Å². The van der Waals surface area contributed by atoms with Gasteiger partial charge in [0.1, 0.15) is 0 Å². The summed E-state index contributed by atoms with van der Waals surface area (Å²) in [5.74, 6) is -0.0651. The lowest BCUT2D eigenvalue weighted by atomic mass is 10.1. The van der Waals surface area contributed by atoms with Gasteiger partial charge in [-0.15, -0.1) is 0 Å². The van der Waals surface area contributed by atoms with Gasteiger partial charge in [0.2, 0.25) is 0 Å². The molecule has 1 aromatic rings. The summed E-state index contributed by atoms with van der Waals surface area (Å²) in [7, 11) is 1.46. The molecule has 1 aromatic carbocycles. The highest BCUT2D eigenvalue weighted by Crippen LogP contribution is 2.43. The van der Waals surface area contributed by atoms with Crippen molar-refractivity contribution in [1.29, 1.82) is 0 Å². The van der Waals surface area contributed by atoms with Crippen LogP contribution < -0.4 is 10.5 Å². The van der Waals surface area contributed by atoms with Crippen molar-refractivity contribution in [3.8, 4) is 5.75 Å². The second-order valence-electron chi connectivity index (χ2n) is 3.51. The Morgan fingerprint density at radius 3 is 2.69 bits per heavy atom. The standard InChI is InChI=1S/C10H12FNO/c1-13-9-6-7(2-3-8(9)11)10(12)4-5-10/h2-3,6H,4-5,12H2,1H3. The Hall–Kier alpha value is -1.09. The van der Waals surface area contributed by atoms with E-state index in [1.165, 1.54) is 13.2 Å². The highest BCUT2D eigenvalue weighted by Gasteiger charge is 2.40. The molecule has 70 valence electrons. The first kappa shape index (κ1) is 8.51. The second kappa shape index (κ2) is 2.70. The molecule has 13 heavy (non-hydrogen) atoms. The van der Waals surface area contributed by atoms with E-state index in [2.05, 4.69) is 0 Å². The van der Waals surface area contributed by atoms with Crippen LogP contribution >= 0.6 is 0 Å². The minimum Gasteiger partial charge on any atom is -0.494 e. The highest BCUT2D eigenvalue weighted by atomic mass is 19.1. The van der Waals surface area contributed by atoms with Gasteiger partial charge < -0.3 is 10.5 Å². The van der Waals surface area contributed by atoms with Gasteiger partial charge in [-0.05, 0) is 30.5 Å². The van der Waals surface area contributed by atoms with Crippen molar-refractivity contribution in [2.45, 2.75) is 18.4 Å². The molecule has 1 aliphatic carbocycles. The smallest absolute Gasteiger partial charge is 0.165 e. The molecule has 0 amide bonds. The van der Waals surface area contributed by atoms with E-state index in [0.29, 0.717) is 0 Å². The molecule has 1 aliphatic rings. The monoisotopic (exact) mass is 181 g/mol. The third-order valence-corrected chi connectivity index (χ3v) is 2.51. The first-order chi connectivity index (χ1) is 6.15. The van der Waals surface area contributed by atoms with Gasteiger partial charge in [-0.1, -0.05) is 6.07 Å². The molecule has 0 aliphatic heterocycles. The van der Waals surface area contributed by atoms with Crippen LogP contribution in [0.2, 0.25) is 0 Å². The summed E-state index contributed by atoms with van der Waals surface area (Å²) in [5, 5.41) is 0. The lowest BCUT2D eigenvalue weighted by molar-refractivity contribution is 0.385. The Balaban J connectivity index is 2.39. The number of rotatable bonds is 2. The Morgan fingerprint density at radius 1 is 1.46 bits per heavy atom. The normalized spacial score (nSPS) is 18.4. The molecule has 0 saturated heterocycles. The highest BCUT2D eigenvalue weighted by molar-refractivity contribution is 5.37. The zero-order chi connectivity index (χ0) is 9.47. The van der Waals surface area contributed by atoms with Gasteiger partial charge >= 0.3 is 0 Å². The van der Waals surface area contributed by atoms with Crippen LogP contribution in [0.4, 0.5) is 4.39 Å². The summed E-state index contributed by atoms with van der Waals surface area (Å²) in [6.45, 7) is 0. The molecule has 0 atom stereocenters. The van der Waals surface area contributed by atoms with Crippen LogP contribution in [0, 0.1) is 5.82 Å². The van der Waals surface area contributed by atoms with Crippen LogP contribution in [0.25, 0.3) is 0 Å². The number of nitrogens with two attached hydrogens (primary N) is 1. The summed E-state index contributed by atoms with van der Waals surface area (Å²) in [6, 6.07) is 4.81. The van der Waals surface area contributed by atoms with E-state index < -0.39 is 0 Å². The summed E-state index contributed by atoms with van der Waals surface area (Å²) in [5.41, 5.74) is 6.71. The predicted molar refractivity (Wildman–Crippen MR) is 48.1 cm³/mol. The molecule has 0 heterocycles. The average molecular weight is 181 g/mol. The molecule has 0 radical (unpaired) electrons. The lowest BCUT2D eigenvalue weighted by Gasteiger charge is -2.10. The molecule has 2 nitrogen and oxygen atoms in total. The van der Waals surface area contributed by atoms with Gasteiger partial charge in [0.05, 0.1) is 7.11 Å². The van der Waals surface area contributed by atoms with Gasteiger partial charge in [0.15, 0.2) is 11.6 Å². The Bertz CT molecular complexity index is 334. The fraction of sp³-hybridized carbons (Fsp3) is 0.400. The van der Waals surface area contributed by atoms with Crippen LogP contribution in [0.3, 0.4) is 0 Å². The van der Waals surface area contributed by atoms with Gasteiger partial charge in [-0.25, -0.2) is 4.39 Å². The van der Waals surface area contributed by atoms with Gasteiger partial charge in [0.25, 0.3) is 0 Å². The Labute approximate surface area is 76.5 Å². The van der Waals surface area contributed by atoms with Crippen molar-refractivity contribution >= 4 is 0 Å². The average Bonchev–Trinajstić information content (AvgIpc) is 2.86. The molecule has 1 fully saturated rings. The number of halogens is 1. The minimum absolute atomic E-state index is 0.221. The fourth-order valence-electron chi connectivity index (χ4n) is 1.39. The van der Waals surface area contributed by atoms with Crippen molar-refractivity contribution in [3.63, 3.8) is 0 Å². The van der Waals surface area contributed by atoms with Crippen LogP contribution in [0.5, 0.6) is 5.75 Å². The zero-order valence-electron chi connectivity index (χ0n) is 7.51. The fourth-order valence-corrected chi connectivity index (χ4v) is 1.39. The van der Waals surface area contributed by atoms with E-state index in [4.69, 9.17) is 10.5 Å². The summed E-state index contributed by atoms with van der Waals surface area (Å²) in [6.07, 6.45) is 1.95. The maximum absolute atomic E-state index is 13.0. The van der Waals surface area contributed by atoms with E-state index in [0.717, 1.165) is 18.4 Å². The van der Waals surface area contributed by atoms with Crippen LogP contribution in [-0.2, 0) is 5.54 Å². The van der Waals surface area contributed by atoms with Crippen molar-refractivity contribution < 1.29 is 9.13 Å².